The summed E-state index contributed by atoms with van der Waals surface area (Å²) in [4.78, 5) is 13.2. The molecule has 8 nitrogen and oxygen atoms in total. The molecule has 0 saturated heterocycles. The maximum absolute atomic E-state index is 13.2. The van der Waals surface area contributed by atoms with Gasteiger partial charge >= 0.3 is 0 Å². The summed E-state index contributed by atoms with van der Waals surface area (Å²) < 4.78 is 16.2. The van der Waals surface area contributed by atoms with E-state index in [1.807, 2.05) is 54.6 Å². The molecule has 0 N–H and O–H groups in total. The molecule has 1 amide bonds. The van der Waals surface area contributed by atoms with E-state index in [2.05, 4.69) is 15.3 Å². The molecule has 1 aliphatic heterocycles. The van der Waals surface area contributed by atoms with Gasteiger partial charge in [0.15, 0.2) is 6.61 Å². The van der Waals surface area contributed by atoms with Gasteiger partial charge < -0.3 is 13.9 Å². The van der Waals surface area contributed by atoms with Gasteiger partial charge in [0, 0.05) is 12.0 Å². The molecule has 0 saturated carbocycles. The van der Waals surface area contributed by atoms with Gasteiger partial charge in [0.2, 0.25) is 12.3 Å². The second-order valence-corrected chi connectivity index (χ2v) is 7.70. The number of hydrazone groups is 1. The number of amides is 1. The molecule has 8 heteroatoms. The summed E-state index contributed by atoms with van der Waals surface area (Å²) in [6, 6.07) is 24.5. The lowest BCUT2D eigenvalue weighted by atomic mass is 9.98. The number of aromatic nitrogens is 2. The van der Waals surface area contributed by atoms with E-state index in [1.54, 1.807) is 31.4 Å². The third kappa shape index (κ3) is 4.52. The molecule has 0 aliphatic carbocycles. The van der Waals surface area contributed by atoms with Gasteiger partial charge in [-0.05, 0) is 47.5 Å². The van der Waals surface area contributed by atoms with Gasteiger partial charge in [0.1, 0.15) is 11.5 Å². The van der Waals surface area contributed by atoms with Crippen molar-refractivity contribution in [1.82, 2.24) is 15.2 Å². The lowest BCUT2D eigenvalue weighted by Crippen LogP contribution is -2.31. The molecule has 2 heterocycles. The quantitative estimate of drug-likeness (QED) is 0.408. The second kappa shape index (κ2) is 9.58. The molecule has 4 aromatic rings. The van der Waals surface area contributed by atoms with E-state index in [9.17, 15) is 4.79 Å². The summed E-state index contributed by atoms with van der Waals surface area (Å²) in [5.41, 5.74) is 3.60. The average Bonchev–Trinajstić information content (AvgIpc) is 3.59. The third-order valence-electron chi connectivity index (χ3n) is 5.60. The van der Waals surface area contributed by atoms with Gasteiger partial charge in [0.25, 0.3) is 5.91 Å². The smallest absolute Gasteiger partial charge is 0.281 e. The van der Waals surface area contributed by atoms with Crippen LogP contribution in [0.2, 0.25) is 0 Å². The predicted molar refractivity (Wildman–Crippen MR) is 125 cm³/mol. The molecular weight excluding hydrogens is 432 g/mol. The molecule has 0 bridgehead atoms. The van der Waals surface area contributed by atoms with Crippen LogP contribution in [0, 0.1) is 0 Å². The summed E-state index contributed by atoms with van der Waals surface area (Å²) in [7, 11) is 1.63. The number of carbonyl (C=O) groups is 1. The fourth-order valence-corrected chi connectivity index (χ4v) is 3.83. The molecule has 1 aromatic heterocycles. The van der Waals surface area contributed by atoms with E-state index in [4.69, 9.17) is 13.9 Å². The van der Waals surface area contributed by atoms with Crippen molar-refractivity contribution in [3.63, 3.8) is 0 Å². The molecule has 0 unspecified atom stereocenters. The monoisotopic (exact) mass is 454 g/mol. The second-order valence-electron chi connectivity index (χ2n) is 7.70. The Morgan fingerprint density at radius 1 is 0.971 bits per heavy atom. The normalized spacial score (nSPS) is 15.1. The fraction of sp³-hybridized carbons (Fsp3) is 0.154. The van der Waals surface area contributed by atoms with E-state index < -0.39 is 0 Å². The van der Waals surface area contributed by atoms with E-state index >= 15 is 0 Å². The molecule has 0 radical (unpaired) electrons. The Morgan fingerprint density at radius 3 is 2.38 bits per heavy atom. The number of methoxy groups -OCH3 is 1. The minimum atomic E-state index is -0.229. The van der Waals surface area contributed by atoms with Crippen LogP contribution in [0.25, 0.3) is 11.5 Å². The van der Waals surface area contributed by atoms with Crippen molar-refractivity contribution >= 4 is 11.6 Å². The highest BCUT2D eigenvalue weighted by Gasteiger charge is 2.33. The van der Waals surface area contributed by atoms with Crippen LogP contribution >= 0.6 is 0 Å². The fourth-order valence-electron chi connectivity index (χ4n) is 3.83. The number of carbonyl (C=O) groups excluding carboxylic acids is 1. The lowest BCUT2D eigenvalue weighted by molar-refractivity contribution is -0.135. The zero-order valence-electron chi connectivity index (χ0n) is 18.5. The molecule has 1 aliphatic rings. The van der Waals surface area contributed by atoms with Crippen molar-refractivity contribution in [2.45, 2.75) is 12.5 Å². The summed E-state index contributed by atoms with van der Waals surface area (Å²) in [5, 5.41) is 13.8. The number of benzene rings is 3. The largest absolute Gasteiger partial charge is 0.497 e. The molecule has 34 heavy (non-hydrogen) atoms. The summed E-state index contributed by atoms with van der Waals surface area (Å²) in [6.45, 7) is -0.141. The van der Waals surface area contributed by atoms with Crippen molar-refractivity contribution < 1.29 is 18.7 Å². The molecule has 1 atom stereocenters. The topological polar surface area (TPSA) is 90.0 Å². The van der Waals surface area contributed by atoms with E-state index in [1.165, 1.54) is 11.4 Å². The Morgan fingerprint density at radius 2 is 1.71 bits per heavy atom. The maximum Gasteiger partial charge on any atom is 0.281 e. The first-order valence-corrected chi connectivity index (χ1v) is 10.8. The Balaban J connectivity index is 1.33. The Kier molecular flexibility index (Phi) is 6.03. The first-order valence-electron chi connectivity index (χ1n) is 10.8. The van der Waals surface area contributed by atoms with Crippen molar-refractivity contribution in [3.05, 3.63) is 96.4 Å². The zero-order valence-corrected chi connectivity index (χ0v) is 18.5. The van der Waals surface area contributed by atoms with Gasteiger partial charge in [-0.2, -0.15) is 5.10 Å². The minimum absolute atomic E-state index is 0.141. The van der Waals surface area contributed by atoms with Crippen LogP contribution in [0.5, 0.6) is 11.5 Å². The SMILES string of the molecule is COc1ccc([C@H]2CC(c3ccccc3)=NN2C(=O)COc2ccc(-c3nnco3)cc2)cc1. The molecule has 3 aromatic carbocycles. The minimum Gasteiger partial charge on any atom is -0.497 e. The van der Waals surface area contributed by atoms with Crippen LogP contribution in [-0.4, -0.2) is 40.5 Å². The molecular formula is C26H22N4O4. The van der Waals surface area contributed by atoms with E-state index in [-0.39, 0.29) is 18.6 Å². The van der Waals surface area contributed by atoms with E-state index in [0.717, 1.165) is 28.2 Å². The van der Waals surface area contributed by atoms with Gasteiger partial charge in [-0.15, -0.1) is 10.2 Å². The standard InChI is InChI=1S/C26H22N4O4/c1-32-21-11-7-19(8-12-21)24-15-23(18-5-3-2-4-6-18)29-30(24)25(31)16-33-22-13-9-20(10-14-22)26-28-27-17-34-26/h2-14,17,24H,15-16H2,1H3/t24-/m1/s1. The number of nitrogens with zero attached hydrogens (tertiary/aromatic N) is 4. The Labute approximate surface area is 196 Å². The number of ether oxygens (including phenoxy) is 2. The van der Waals surface area contributed by atoms with Gasteiger partial charge in [0.05, 0.1) is 18.9 Å². The molecule has 5 rings (SSSR count). The Hall–Kier alpha value is -4.46. The number of hydrogen-bond donors (Lipinski definition) is 0. The van der Waals surface area contributed by atoms with Gasteiger partial charge in [-0.3, -0.25) is 4.79 Å². The van der Waals surface area contributed by atoms with Crippen LogP contribution in [0.1, 0.15) is 23.6 Å². The highest BCUT2D eigenvalue weighted by atomic mass is 16.5. The third-order valence-corrected chi connectivity index (χ3v) is 5.60. The molecule has 0 fully saturated rings. The number of rotatable bonds is 7. The summed E-state index contributed by atoms with van der Waals surface area (Å²) >= 11 is 0. The van der Waals surface area contributed by atoms with Gasteiger partial charge in [-0.25, -0.2) is 5.01 Å². The van der Waals surface area contributed by atoms with Crippen molar-refractivity contribution in [3.8, 4) is 23.0 Å². The average molecular weight is 454 g/mol. The maximum atomic E-state index is 13.2. The van der Waals surface area contributed by atoms with Crippen LogP contribution in [0.15, 0.2) is 94.8 Å². The van der Waals surface area contributed by atoms with Crippen LogP contribution < -0.4 is 9.47 Å². The highest BCUT2D eigenvalue weighted by Crippen LogP contribution is 2.33. The van der Waals surface area contributed by atoms with Crippen LogP contribution in [0.4, 0.5) is 0 Å². The summed E-state index contributed by atoms with van der Waals surface area (Å²) in [6.07, 6.45) is 1.89. The summed E-state index contributed by atoms with van der Waals surface area (Å²) in [5.74, 6) is 1.51. The van der Waals surface area contributed by atoms with Crippen LogP contribution in [-0.2, 0) is 4.79 Å². The number of hydrogen-bond acceptors (Lipinski definition) is 7. The van der Waals surface area contributed by atoms with Crippen LogP contribution in [0.3, 0.4) is 0 Å². The first-order chi connectivity index (χ1) is 16.7. The van der Waals surface area contributed by atoms with Crippen molar-refractivity contribution in [2.24, 2.45) is 5.10 Å². The lowest BCUT2D eigenvalue weighted by Gasteiger charge is -2.22. The predicted octanol–water partition coefficient (Wildman–Crippen LogP) is 4.50. The molecule has 0 spiro atoms. The highest BCUT2D eigenvalue weighted by molar-refractivity contribution is 6.03. The molecule has 170 valence electrons. The van der Waals surface area contributed by atoms with Gasteiger partial charge in [-0.1, -0.05) is 42.5 Å². The first kappa shape index (κ1) is 21.4. The van der Waals surface area contributed by atoms with E-state index in [0.29, 0.717) is 18.1 Å². The van der Waals surface area contributed by atoms with Crippen molar-refractivity contribution in [1.29, 1.82) is 0 Å². The Bertz CT molecular complexity index is 1270. The zero-order chi connectivity index (χ0) is 23.3. The van der Waals surface area contributed by atoms with Crippen molar-refractivity contribution in [2.75, 3.05) is 13.7 Å².